The summed E-state index contributed by atoms with van der Waals surface area (Å²) in [6.07, 6.45) is 2.92. The van der Waals surface area contributed by atoms with E-state index in [1.165, 1.54) is 29.2 Å². The highest BCUT2D eigenvalue weighted by molar-refractivity contribution is 5.85. The Labute approximate surface area is 119 Å². The summed E-state index contributed by atoms with van der Waals surface area (Å²) in [6, 6.07) is 15.5. The fourth-order valence-electron chi connectivity index (χ4n) is 2.73. The maximum Gasteiger partial charge on any atom is 0.218 e. The van der Waals surface area contributed by atoms with Crippen LogP contribution >= 0.6 is 0 Å². The second-order valence-electron chi connectivity index (χ2n) is 5.56. The Morgan fingerprint density at radius 1 is 1.15 bits per heavy atom. The lowest BCUT2D eigenvalue weighted by atomic mass is 10.0. The lowest BCUT2D eigenvalue weighted by molar-refractivity contribution is -0.118. The number of nitrogens with zero attached hydrogens (tertiary/aromatic N) is 1. The fraction of sp³-hybridized carbons (Fsp3) is 0.353. The van der Waals surface area contributed by atoms with Gasteiger partial charge in [-0.3, -0.25) is 9.69 Å². The van der Waals surface area contributed by atoms with Crippen LogP contribution in [0.3, 0.4) is 0 Å². The molecule has 0 unspecified atom stereocenters. The predicted molar refractivity (Wildman–Crippen MR) is 81.2 cm³/mol. The lowest BCUT2D eigenvalue weighted by Gasteiger charge is -2.22. The third-order valence-electron chi connectivity index (χ3n) is 3.96. The summed E-state index contributed by atoms with van der Waals surface area (Å²) in [5.41, 5.74) is 6.61. The van der Waals surface area contributed by atoms with Crippen LogP contribution in [0.4, 0.5) is 0 Å². The minimum atomic E-state index is -0.214. The Kier molecular flexibility index (Phi) is 3.70. The molecule has 2 aromatic rings. The van der Waals surface area contributed by atoms with Crippen molar-refractivity contribution < 1.29 is 4.79 Å². The molecule has 2 N–H and O–H groups in total. The summed E-state index contributed by atoms with van der Waals surface area (Å²) >= 11 is 0. The van der Waals surface area contributed by atoms with E-state index in [2.05, 4.69) is 47.4 Å². The van der Waals surface area contributed by atoms with Gasteiger partial charge in [0.15, 0.2) is 0 Å². The topological polar surface area (TPSA) is 46.3 Å². The van der Waals surface area contributed by atoms with Crippen LogP contribution in [0.25, 0.3) is 10.8 Å². The number of rotatable bonds is 6. The zero-order valence-corrected chi connectivity index (χ0v) is 11.6. The number of primary amides is 1. The second kappa shape index (κ2) is 5.63. The van der Waals surface area contributed by atoms with E-state index in [1.54, 1.807) is 0 Å². The quantitative estimate of drug-likeness (QED) is 0.875. The SMILES string of the molecule is NC(=O)CCN(Cc1cccc2ccccc12)C1CC1. The van der Waals surface area contributed by atoms with Gasteiger partial charge in [-0.25, -0.2) is 0 Å². The number of carbonyl (C=O) groups is 1. The summed E-state index contributed by atoms with van der Waals surface area (Å²) in [4.78, 5) is 13.4. The van der Waals surface area contributed by atoms with Crippen LogP contribution in [-0.2, 0) is 11.3 Å². The van der Waals surface area contributed by atoms with E-state index in [0.717, 1.165) is 13.1 Å². The van der Waals surface area contributed by atoms with E-state index in [1.807, 2.05) is 0 Å². The van der Waals surface area contributed by atoms with Gasteiger partial charge in [0.1, 0.15) is 0 Å². The first-order chi connectivity index (χ1) is 9.74. The molecule has 2 aromatic carbocycles. The van der Waals surface area contributed by atoms with E-state index in [9.17, 15) is 4.79 Å². The molecule has 0 saturated heterocycles. The summed E-state index contributed by atoms with van der Waals surface area (Å²) in [6.45, 7) is 1.67. The van der Waals surface area contributed by atoms with E-state index < -0.39 is 0 Å². The molecule has 1 amide bonds. The number of benzene rings is 2. The Balaban J connectivity index is 1.81. The van der Waals surface area contributed by atoms with Crippen molar-refractivity contribution in [1.82, 2.24) is 4.90 Å². The highest BCUT2D eigenvalue weighted by atomic mass is 16.1. The molecule has 1 aliphatic carbocycles. The normalized spacial score (nSPS) is 14.8. The molecule has 0 bridgehead atoms. The average Bonchev–Trinajstić information content (AvgIpc) is 3.28. The molecule has 104 valence electrons. The fourth-order valence-corrected chi connectivity index (χ4v) is 2.73. The monoisotopic (exact) mass is 268 g/mol. The minimum absolute atomic E-state index is 0.214. The van der Waals surface area contributed by atoms with Crippen molar-refractivity contribution >= 4 is 16.7 Å². The lowest BCUT2D eigenvalue weighted by Crippen LogP contribution is -2.29. The summed E-state index contributed by atoms with van der Waals surface area (Å²) < 4.78 is 0. The van der Waals surface area contributed by atoms with Crippen molar-refractivity contribution in [3.63, 3.8) is 0 Å². The molecule has 0 radical (unpaired) electrons. The third-order valence-corrected chi connectivity index (χ3v) is 3.96. The molecular weight excluding hydrogens is 248 g/mol. The average molecular weight is 268 g/mol. The molecule has 20 heavy (non-hydrogen) atoms. The molecule has 0 aliphatic heterocycles. The Bertz CT molecular complexity index is 614. The maximum absolute atomic E-state index is 11.0. The predicted octanol–water partition coefficient (Wildman–Crippen LogP) is 2.68. The molecule has 0 atom stereocenters. The molecule has 0 heterocycles. The van der Waals surface area contributed by atoms with Gasteiger partial charge in [0.25, 0.3) is 0 Å². The summed E-state index contributed by atoms with van der Waals surface area (Å²) in [5, 5.41) is 2.58. The number of hydrogen-bond donors (Lipinski definition) is 1. The number of nitrogens with two attached hydrogens (primary N) is 1. The molecule has 3 nitrogen and oxygen atoms in total. The number of fused-ring (bicyclic) bond motifs is 1. The Morgan fingerprint density at radius 2 is 1.90 bits per heavy atom. The highest BCUT2D eigenvalue weighted by Crippen LogP contribution is 2.30. The van der Waals surface area contributed by atoms with Crippen LogP contribution in [0.5, 0.6) is 0 Å². The van der Waals surface area contributed by atoms with Crippen molar-refractivity contribution in [2.75, 3.05) is 6.54 Å². The molecule has 0 aromatic heterocycles. The zero-order valence-electron chi connectivity index (χ0n) is 11.6. The van der Waals surface area contributed by atoms with Gasteiger partial charge in [0.2, 0.25) is 5.91 Å². The number of carbonyl (C=O) groups excluding carboxylic acids is 1. The first kappa shape index (κ1) is 13.1. The molecule has 1 fully saturated rings. The van der Waals surface area contributed by atoms with Crippen molar-refractivity contribution in [3.8, 4) is 0 Å². The second-order valence-corrected chi connectivity index (χ2v) is 5.56. The van der Waals surface area contributed by atoms with Crippen molar-refractivity contribution in [2.24, 2.45) is 5.73 Å². The molecule has 0 spiro atoms. The Hall–Kier alpha value is -1.87. The third kappa shape index (κ3) is 2.99. The van der Waals surface area contributed by atoms with E-state index >= 15 is 0 Å². The standard InChI is InChI=1S/C17H20N2O/c18-17(20)10-11-19(15-8-9-15)12-14-6-3-5-13-4-1-2-7-16(13)14/h1-7,15H,8-12H2,(H2,18,20). The summed E-state index contributed by atoms with van der Waals surface area (Å²) in [5.74, 6) is -0.214. The van der Waals surface area contributed by atoms with Gasteiger partial charge in [0.05, 0.1) is 0 Å². The van der Waals surface area contributed by atoms with E-state index in [4.69, 9.17) is 5.73 Å². The summed E-state index contributed by atoms with van der Waals surface area (Å²) in [7, 11) is 0. The van der Waals surface area contributed by atoms with E-state index in [-0.39, 0.29) is 5.91 Å². The minimum Gasteiger partial charge on any atom is -0.370 e. The van der Waals surface area contributed by atoms with Crippen LogP contribution < -0.4 is 5.73 Å². The van der Waals surface area contributed by atoms with Gasteiger partial charge in [0, 0.05) is 25.6 Å². The molecule has 3 rings (SSSR count). The molecular formula is C17H20N2O. The van der Waals surface area contributed by atoms with Crippen LogP contribution in [0.1, 0.15) is 24.8 Å². The van der Waals surface area contributed by atoms with Gasteiger partial charge >= 0.3 is 0 Å². The van der Waals surface area contributed by atoms with Gasteiger partial charge in [-0.1, -0.05) is 42.5 Å². The van der Waals surface area contributed by atoms with Gasteiger partial charge < -0.3 is 5.73 Å². The first-order valence-electron chi connectivity index (χ1n) is 7.23. The van der Waals surface area contributed by atoms with Crippen molar-refractivity contribution in [2.45, 2.75) is 31.8 Å². The first-order valence-corrected chi connectivity index (χ1v) is 7.23. The highest BCUT2D eigenvalue weighted by Gasteiger charge is 2.29. The molecule has 3 heteroatoms. The maximum atomic E-state index is 11.0. The van der Waals surface area contributed by atoms with E-state index in [0.29, 0.717) is 12.5 Å². The van der Waals surface area contributed by atoms with Crippen molar-refractivity contribution in [1.29, 1.82) is 0 Å². The molecule has 1 aliphatic rings. The largest absolute Gasteiger partial charge is 0.370 e. The smallest absolute Gasteiger partial charge is 0.218 e. The van der Waals surface area contributed by atoms with Crippen molar-refractivity contribution in [3.05, 3.63) is 48.0 Å². The molecule has 1 saturated carbocycles. The van der Waals surface area contributed by atoms with Crippen LogP contribution in [0.2, 0.25) is 0 Å². The van der Waals surface area contributed by atoms with Gasteiger partial charge in [-0.15, -0.1) is 0 Å². The van der Waals surface area contributed by atoms with Crippen LogP contribution in [0.15, 0.2) is 42.5 Å². The van der Waals surface area contributed by atoms with Crippen LogP contribution in [0, 0.1) is 0 Å². The number of hydrogen-bond acceptors (Lipinski definition) is 2. The zero-order chi connectivity index (χ0) is 13.9. The Morgan fingerprint density at radius 3 is 2.65 bits per heavy atom. The number of amides is 1. The van der Waals surface area contributed by atoms with Gasteiger partial charge in [-0.05, 0) is 29.2 Å². The van der Waals surface area contributed by atoms with Gasteiger partial charge in [-0.2, -0.15) is 0 Å². The van der Waals surface area contributed by atoms with Crippen LogP contribution in [-0.4, -0.2) is 23.4 Å².